The molecule has 1 heterocycles. The maximum Gasteiger partial charge on any atom is 0.303 e. The number of hydrogen-bond donors (Lipinski definition) is 3. The van der Waals surface area contributed by atoms with Gasteiger partial charge in [0, 0.05) is 13.0 Å². The molecule has 0 amide bonds. The maximum atomic E-state index is 12.6. The van der Waals surface area contributed by atoms with Crippen molar-refractivity contribution in [2.75, 3.05) is 0 Å². The van der Waals surface area contributed by atoms with Gasteiger partial charge in [0.2, 0.25) is 0 Å². The highest BCUT2D eigenvalue weighted by atomic mass is 16.4. The zero-order chi connectivity index (χ0) is 25.5. The van der Waals surface area contributed by atoms with Crippen LogP contribution in [0, 0.1) is 6.92 Å². The smallest absolute Gasteiger partial charge is 0.303 e. The first-order valence-electron chi connectivity index (χ1n) is 11.8. The third-order valence-electron chi connectivity index (χ3n) is 5.98. The third-order valence-corrected chi connectivity index (χ3v) is 5.98. The van der Waals surface area contributed by atoms with Gasteiger partial charge < -0.3 is 10.2 Å². The summed E-state index contributed by atoms with van der Waals surface area (Å²) < 4.78 is 1.33. The van der Waals surface area contributed by atoms with Gasteiger partial charge >= 0.3 is 5.97 Å². The van der Waals surface area contributed by atoms with Crippen molar-refractivity contribution >= 4 is 17.3 Å². The van der Waals surface area contributed by atoms with E-state index in [1.807, 2.05) is 24.3 Å². The predicted octanol–water partition coefficient (Wildman–Crippen LogP) is 5.92. The molecule has 0 aliphatic rings. The van der Waals surface area contributed by atoms with Gasteiger partial charge in [-0.1, -0.05) is 66.7 Å². The first-order chi connectivity index (χ1) is 17.4. The molecule has 0 unspecified atom stereocenters. The molecule has 8 nitrogen and oxygen atoms in total. The molecule has 4 rings (SSSR count). The number of aromatic hydroxyl groups is 1. The molecular weight excluding hydrogens is 456 g/mol. The van der Waals surface area contributed by atoms with Gasteiger partial charge in [-0.2, -0.15) is 0 Å². The van der Waals surface area contributed by atoms with Crippen LogP contribution in [0.25, 0.3) is 11.1 Å². The second-order valence-corrected chi connectivity index (χ2v) is 8.59. The van der Waals surface area contributed by atoms with Crippen molar-refractivity contribution in [3.63, 3.8) is 0 Å². The Bertz CT molecular complexity index is 1420. The minimum absolute atomic E-state index is 0.0286. The first kappa shape index (κ1) is 24.7. The topological polar surface area (TPSA) is 120 Å². The number of aromatic nitrogens is 2. The predicted molar refractivity (Wildman–Crippen MR) is 138 cm³/mol. The molecule has 0 saturated heterocycles. The highest BCUT2D eigenvalue weighted by molar-refractivity contribution is 5.66. The van der Waals surface area contributed by atoms with Gasteiger partial charge in [0.25, 0.3) is 5.56 Å². The van der Waals surface area contributed by atoms with Crippen molar-refractivity contribution in [2.24, 2.45) is 10.2 Å². The molecule has 0 aliphatic heterocycles. The van der Waals surface area contributed by atoms with Crippen LogP contribution in [0.3, 0.4) is 0 Å². The van der Waals surface area contributed by atoms with E-state index in [4.69, 9.17) is 5.11 Å². The number of phenols is 1. The summed E-state index contributed by atoms with van der Waals surface area (Å²) in [6, 6.07) is 23.9. The molecule has 0 aliphatic carbocycles. The number of H-pyrrole nitrogens is 1. The minimum Gasteiger partial charge on any atom is -0.505 e. The number of carbonyl (C=O) groups is 1. The van der Waals surface area contributed by atoms with E-state index in [-0.39, 0.29) is 35.6 Å². The highest BCUT2D eigenvalue weighted by Crippen LogP contribution is 2.32. The lowest BCUT2D eigenvalue weighted by Gasteiger charge is -2.08. The Morgan fingerprint density at radius 3 is 2.36 bits per heavy atom. The molecule has 36 heavy (non-hydrogen) atoms. The molecule has 0 saturated carbocycles. The molecule has 0 fully saturated rings. The van der Waals surface area contributed by atoms with Crippen molar-refractivity contribution < 1.29 is 15.0 Å². The van der Waals surface area contributed by atoms with Gasteiger partial charge in [0.15, 0.2) is 5.69 Å². The minimum atomic E-state index is -0.911. The number of aliphatic carboxylic acids is 1. The summed E-state index contributed by atoms with van der Waals surface area (Å²) in [7, 11) is 0. The number of nitrogens with zero attached hydrogens (tertiary/aromatic N) is 3. The van der Waals surface area contributed by atoms with Crippen molar-refractivity contribution in [1.82, 2.24) is 9.78 Å². The van der Waals surface area contributed by atoms with Crippen LogP contribution in [0.5, 0.6) is 5.75 Å². The molecular formula is C28H28N4O4. The summed E-state index contributed by atoms with van der Waals surface area (Å²) in [5.41, 5.74) is 4.79. The molecule has 0 atom stereocenters. The summed E-state index contributed by atoms with van der Waals surface area (Å²) in [4.78, 5) is 23.3. The zero-order valence-electron chi connectivity index (χ0n) is 20.0. The number of carboxylic acids is 1. The van der Waals surface area contributed by atoms with Crippen LogP contribution in [-0.2, 0) is 24.2 Å². The Balaban J connectivity index is 1.43. The van der Waals surface area contributed by atoms with Crippen LogP contribution in [0.2, 0.25) is 0 Å². The quantitative estimate of drug-likeness (QED) is 0.242. The number of nitrogens with one attached hydrogen (secondary N) is 1. The van der Waals surface area contributed by atoms with Crippen LogP contribution in [0.4, 0.5) is 11.4 Å². The molecule has 1 aromatic heterocycles. The number of azo groups is 1. The van der Waals surface area contributed by atoms with Crippen LogP contribution >= 0.6 is 0 Å². The van der Waals surface area contributed by atoms with E-state index in [1.54, 1.807) is 19.1 Å². The van der Waals surface area contributed by atoms with Crippen molar-refractivity contribution in [3.05, 3.63) is 100.0 Å². The van der Waals surface area contributed by atoms with Gasteiger partial charge in [0.05, 0.1) is 5.69 Å². The van der Waals surface area contributed by atoms with E-state index in [0.29, 0.717) is 18.5 Å². The van der Waals surface area contributed by atoms with Crippen molar-refractivity contribution in [1.29, 1.82) is 0 Å². The van der Waals surface area contributed by atoms with E-state index >= 15 is 0 Å². The number of hydrogen-bond acceptors (Lipinski definition) is 5. The Kier molecular flexibility index (Phi) is 7.75. The normalized spacial score (nSPS) is 11.2. The number of carboxylic acid groups (broad SMARTS) is 1. The Hall–Kier alpha value is -4.46. The van der Waals surface area contributed by atoms with Gasteiger partial charge in [-0.25, -0.2) is 0 Å². The Labute approximate surface area is 208 Å². The molecule has 0 spiro atoms. The van der Waals surface area contributed by atoms with Crippen LogP contribution in [0.1, 0.15) is 29.7 Å². The fourth-order valence-electron chi connectivity index (χ4n) is 4.00. The van der Waals surface area contributed by atoms with Crippen molar-refractivity contribution in [3.8, 4) is 16.9 Å². The summed E-state index contributed by atoms with van der Waals surface area (Å²) in [6.45, 7) is 1.94. The lowest BCUT2D eigenvalue weighted by molar-refractivity contribution is -0.137. The van der Waals surface area contributed by atoms with Gasteiger partial charge in [0.1, 0.15) is 11.4 Å². The summed E-state index contributed by atoms with van der Waals surface area (Å²) >= 11 is 0. The average molecular weight is 485 g/mol. The zero-order valence-corrected chi connectivity index (χ0v) is 20.0. The molecule has 4 aromatic rings. The van der Waals surface area contributed by atoms with E-state index < -0.39 is 5.97 Å². The average Bonchev–Trinajstić information content (AvgIpc) is 3.15. The highest BCUT2D eigenvalue weighted by Gasteiger charge is 2.12. The van der Waals surface area contributed by atoms with Gasteiger partial charge in [-0.3, -0.25) is 19.4 Å². The molecule has 0 radical (unpaired) electrons. The third kappa shape index (κ3) is 5.96. The summed E-state index contributed by atoms with van der Waals surface area (Å²) in [5.74, 6) is -0.872. The molecule has 3 N–H and O–H groups in total. The Morgan fingerprint density at radius 1 is 0.917 bits per heavy atom. The van der Waals surface area contributed by atoms with E-state index in [2.05, 4.69) is 51.7 Å². The summed E-state index contributed by atoms with van der Waals surface area (Å²) in [6.07, 6.45) is 1.67. The fraction of sp³-hybridized carbons (Fsp3) is 0.214. The maximum absolute atomic E-state index is 12.6. The molecule has 3 aromatic carbocycles. The molecule has 8 heteroatoms. The van der Waals surface area contributed by atoms with Crippen LogP contribution in [0.15, 0.2) is 87.8 Å². The molecule has 184 valence electrons. The SMILES string of the molecule is Cc1[nH]n(CCCC(=O)O)c(=O)c1N=Nc1cccc(CCc2ccc(-c3ccccc3)cc2)c1O. The number of aromatic amines is 1. The number of aryl methyl sites for hydroxylation is 4. The monoisotopic (exact) mass is 484 g/mol. The number of benzene rings is 3. The number of phenolic OH excluding ortho intramolecular Hbond substituents is 1. The van der Waals surface area contributed by atoms with E-state index in [0.717, 1.165) is 23.1 Å². The first-order valence-corrected chi connectivity index (χ1v) is 11.8. The standard InChI is InChI=1S/C28H28N4O4/c1-19-26(28(36)32(31-19)18-6-11-25(33)34)30-29-24-10-5-9-23(27(24)35)17-14-20-12-15-22(16-13-20)21-7-3-2-4-8-21/h2-5,7-10,12-13,15-16,31,35H,6,11,14,17-18H2,1H3,(H,33,34). The lowest BCUT2D eigenvalue weighted by atomic mass is 10.00. The van der Waals surface area contributed by atoms with E-state index in [1.165, 1.54) is 10.2 Å². The van der Waals surface area contributed by atoms with E-state index in [9.17, 15) is 14.7 Å². The Morgan fingerprint density at radius 2 is 1.64 bits per heavy atom. The van der Waals surface area contributed by atoms with Crippen LogP contribution < -0.4 is 5.56 Å². The van der Waals surface area contributed by atoms with Gasteiger partial charge in [-0.05, 0) is 54.5 Å². The lowest BCUT2D eigenvalue weighted by Crippen LogP contribution is -2.17. The second kappa shape index (κ2) is 11.3. The number of rotatable bonds is 10. The van der Waals surface area contributed by atoms with Crippen LogP contribution in [-0.4, -0.2) is 26.0 Å². The van der Waals surface area contributed by atoms with Gasteiger partial charge in [-0.15, -0.1) is 10.2 Å². The molecule has 0 bridgehead atoms. The largest absolute Gasteiger partial charge is 0.505 e. The fourth-order valence-corrected chi connectivity index (χ4v) is 4.00. The number of para-hydroxylation sites is 1. The van der Waals surface area contributed by atoms with Crippen molar-refractivity contribution in [2.45, 2.75) is 39.2 Å². The second-order valence-electron chi connectivity index (χ2n) is 8.59. The summed E-state index contributed by atoms with van der Waals surface area (Å²) in [5, 5.41) is 30.6.